The predicted octanol–water partition coefficient (Wildman–Crippen LogP) is 3.35. The first kappa shape index (κ1) is 11.6. The van der Waals surface area contributed by atoms with Crippen LogP contribution in [-0.2, 0) is 0 Å². The molecule has 0 aliphatic rings. The fourth-order valence-corrected chi connectivity index (χ4v) is 1.55. The maximum Gasteiger partial charge on any atom is 0.119 e. The van der Waals surface area contributed by atoms with Crippen LogP contribution in [0.1, 0.15) is 32.3 Å². The lowest BCUT2D eigenvalue weighted by Crippen LogP contribution is -2.03. The second-order valence-electron chi connectivity index (χ2n) is 3.85. The molecule has 0 heterocycles. The van der Waals surface area contributed by atoms with Crippen LogP contribution >= 0.6 is 0 Å². The topological polar surface area (TPSA) is 33.0 Å². The Labute approximate surface area is 91.5 Å². The second-order valence-corrected chi connectivity index (χ2v) is 3.85. The van der Waals surface area contributed by atoms with Crippen molar-refractivity contribution in [1.29, 1.82) is 5.26 Å². The molecule has 0 N–H and O–H groups in total. The second kappa shape index (κ2) is 5.41. The lowest BCUT2D eigenvalue weighted by atomic mass is 9.90. The number of rotatable bonds is 4. The monoisotopic (exact) mass is 203 g/mol. The van der Waals surface area contributed by atoms with Gasteiger partial charge in [-0.1, -0.05) is 26.0 Å². The molecule has 1 rings (SSSR count). The van der Waals surface area contributed by atoms with Gasteiger partial charge in [-0.25, -0.2) is 0 Å². The third-order valence-corrected chi connectivity index (χ3v) is 2.36. The van der Waals surface area contributed by atoms with Crippen molar-refractivity contribution < 1.29 is 4.74 Å². The summed E-state index contributed by atoms with van der Waals surface area (Å²) < 4.78 is 5.35. The number of ether oxygens (including phenoxy) is 1. The summed E-state index contributed by atoms with van der Waals surface area (Å²) in [7, 11) is 0. The van der Waals surface area contributed by atoms with Crippen molar-refractivity contribution in [2.75, 3.05) is 6.61 Å². The van der Waals surface area contributed by atoms with E-state index in [0.29, 0.717) is 12.5 Å². The van der Waals surface area contributed by atoms with Gasteiger partial charge in [0.2, 0.25) is 0 Å². The van der Waals surface area contributed by atoms with Crippen molar-refractivity contribution in [3.05, 3.63) is 29.8 Å². The lowest BCUT2D eigenvalue weighted by molar-refractivity contribution is 0.340. The number of hydrogen-bond acceptors (Lipinski definition) is 2. The van der Waals surface area contributed by atoms with Crippen LogP contribution in [0.2, 0.25) is 0 Å². The smallest absolute Gasteiger partial charge is 0.119 e. The van der Waals surface area contributed by atoms with Gasteiger partial charge in [-0.2, -0.15) is 5.26 Å². The van der Waals surface area contributed by atoms with Crippen LogP contribution in [0, 0.1) is 17.2 Å². The number of nitrogens with zero attached hydrogens (tertiary/aromatic N) is 1. The Morgan fingerprint density at radius 2 is 1.87 bits per heavy atom. The molecule has 1 atom stereocenters. The van der Waals surface area contributed by atoms with Gasteiger partial charge in [-0.15, -0.1) is 0 Å². The third-order valence-electron chi connectivity index (χ3n) is 2.36. The van der Waals surface area contributed by atoms with E-state index in [-0.39, 0.29) is 5.92 Å². The summed E-state index contributed by atoms with van der Waals surface area (Å²) >= 11 is 0. The molecule has 2 heteroatoms. The van der Waals surface area contributed by atoms with Gasteiger partial charge in [-0.3, -0.25) is 0 Å². The van der Waals surface area contributed by atoms with Crippen LogP contribution in [0.3, 0.4) is 0 Å². The summed E-state index contributed by atoms with van der Waals surface area (Å²) in [6.45, 7) is 6.75. The maximum absolute atomic E-state index is 9.04. The summed E-state index contributed by atoms with van der Waals surface area (Å²) in [6, 6.07) is 10.1. The first-order valence-corrected chi connectivity index (χ1v) is 5.31. The van der Waals surface area contributed by atoms with E-state index in [0.717, 1.165) is 11.3 Å². The van der Waals surface area contributed by atoms with Crippen LogP contribution in [0.15, 0.2) is 24.3 Å². The summed E-state index contributed by atoms with van der Waals surface area (Å²) in [5, 5.41) is 9.04. The molecule has 2 nitrogen and oxygen atoms in total. The molecule has 0 saturated carbocycles. The molecule has 0 fully saturated rings. The number of hydrogen-bond donors (Lipinski definition) is 0. The Balaban J connectivity index is 2.83. The normalized spacial score (nSPS) is 12.2. The van der Waals surface area contributed by atoms with Crippen molar-refractivity contribution >= 4 is 0 Å². The van der Waals surface area contributed by atoms with Gasteiger partial charge in [-0.05, 0) is 30.5 Å². The zero-order chi connectivity index (χ0) is 11.3. The highest BCUT2D eigenvalue weighted by molar-refractivity contribution is 5.32. The maximum atomic E-state index is 9.04. The largest absolute Gasteiger partial charge is 0.494 e. The molecule has 0 spiro atoms. The minimum atomic E-state index is -0.0272. The van der Waals surface area contributed by atoms with E-state index in [1.165, 1.54) is 0 Å². The number of benzene rings is 1. The molecule has 1 aromatic rings. The molecular weight excluding hydrogens is 186 g/mol. The summed E-state index contributed by atoms with van der Waals surface area (Å²) in [6.07, 6.45) is 0. The average Bonchev–Trinajstić information content (AvgIpc) is 2.21. The number of nitriles is 1. The van der Waals surface area contributed by atoms with Gasteiger partial charge in [0, 0.05) is 0 Å². The molecule has 1 aromatic carbocycles. The first-order valence-electron chi connectivity index (χ1n) is 5.31. The minimum Gasteiger partial charge on any atom is -0.494 e. The van der Waals surface area contributed by atoms with Crippen LogP contribution in [0.5, 0.6) is 5.75 Å². The Hall–Kier alpha value is -1.49. The minimum absolute atomic E-state index is 0.0272. The summed E-state index contributed by atoms with van der Waals surface area (Å²) in [5.74, 6) is 1.18. The fourth-order valence-electron chi connectivity index (χ4n) is 1.55. The van der Waals surface area contributed by atoms with Gasteiger partial charge in [0.25, 0.3) is 0 Å². The van der Waals surface area contributed by atoms with Crippen molar-refractivity contribution in [3.63, 3.8) is 0 Å². The van der Waals surface area contributed by atoms with Crippen molar-refractivity contribution in [2.24, 2.45) is 5.92 Å². The molecule has 0 aromatic heterocycles. The first-order chi connectivity index (χ1) is 7.19. The highest BCUT2D eigenvalue weighted by Gasteiger charge is 2.14. The standard InChI is InChI=1S/C13H17NO/c1-4-15-12-7-5-11(6-8-12)13(9-14)10(2)3/h5-8,10,13H,4H2,1-3H3/t13-/m0/s1. The van der Waals surface area contributed by atoms with E-state index in [1.54, 1.807) is 0 Å². The molecule has 0 aliphatic heterocycles. The summed E-state index contributed by atoms with van der Waals surface area (Å²) in [5.41, 5.74) is 1.07. The van der Waals surface area contributed by atoms with Gasteiger partial charge in [0.15, 0.2) is 0 Å². The Morgan fingerprint density at radius 3 is 2.27 bits per heavy atom. The van der Waals surface area contributed by atoms with E-state index in [4.69, 9.17) is 10.00 Å². The van der Waals surface area contributed by atoms with Crippen molar-refractivity contribution in [3.8, 4) is 11.8 Å². The summed E-state index contributed by atoms with van der Waals surface area (Å²) in [4.78, 5) is 0. The van der Waals surface area contributed by atoms with E-state index in [9.17, 15) is 0 Å². The molecule has 15 heavy (non-hydrogen) atoms. The Kier molecular flexibility index (Phi) is 4.17. The highest BCUT2D eigenvalue weighted by atomic mass is 16.5. The van der Waals surface area contributed by atoms with E-state index >= 15 is 0 Å². The molecule has 80 valence electrons. The van der Waals surface area contributed by atoms with E-state index in [1.807, 2.05) is 31.2 Å². The molecule has 0 amide bonds. The van der Waals surface area contributed by atoms with Gasteiger partial charge >= 0.3 is 0 Å². The van der Waals surface area contributed by atoms with Gasteiger partial charge in [0.1, 0.15) is 5.75 Å². The van der Waals surface area contributed by atoms with Crippen LogP contribution in [-0.4, -0.2) is 6.61 Å². The fraction of sp³-hybridized carbons (Fsp3) is 0.462. The molecule has 0 unspecified atom stereocenters. The SMILES string of the molecule is CCOc1ccc([C@@H](C#N)C(C)C)cc1. The Morgan fingerprint density at radius 1 is 1.27 bits per heavy atom. The molecule has 0 bridgehead atoms. The van der Waals surface area contributed by atoms with Crippen molar-refractivity contribution in [1.82, 2.24) is 0 Å². The molecular formula is C13H17NO. The van der Waals surface area contributed by atoms with Crippen LogP contribution in [0.25, 0.3) is 0 Å². The molecule has 0 aliphatic carbocycles. The zero-order valence-corrected chi connectivity index (χ0v) is 9.53. The highest BCUT2D eigenvalue weighted by Crippen LogP contribution is 2.25. The predicted molar refractivity (Wildman–Crippen MR) is 60.8 cm³/mol. The molecule has 0 radical (unpaired) electrons. The quantitative estimate of drug-likeness (QED) is 0.751. The van der Waals surface area contributed by atoms with Crippen LogP contribution in [0.4, 0.5) is 0 Å². The average molecular weight is 203 g/mol. The third kappa shape index (κ3) is 2.99. The lowest BCUT2D eigenvalue weighted by Gasteiger charge is -2.13. The van der Waals surface area contributed by atoms with Gasteiger partial charge < -0.3 is 4.74 Å². The Bertz CT molecular complexity index is 335. The zero-order valence-electron chi connectivity index (χ0n) is 9.53. The molecule has 0 saturated heterocycles. The van der Waals surface area contributed by atoms with Crippen LogP contribution < -0.4 is 4.74 Å². The van der Waals surface area contributed by atoms with E-state index < -0.39 is 0 Å². The van der Waals surface area contributed by atoms with Gasteiger partial charge in [0.05, 0.1) is 18.6 Å². The van der Waals surface area contributed by atoms with Crippen molar-refractivity contribution in [2.45, 2.75) is 26.7 Å². The van der Waals surface area contributed by atoms with E-state index in [2.05, 4.69) is 19.9 Å².